The highest BCUT2D eigenvalue weighted by Gasteiger charge is 2.60. The molecule has 0 aromatic carbocycles. The first-order valence-electron chi connectivity index (χ1n) is 5.40. The molecule has 2 aliphatic heterocycles. The zero-order chi connectivity index (χ0) is 10.2. The lowest BCUT2D eigenvalue weighted by molar-refractivity contribution is 0.0405. The van der Waals surface area contributed by atoms with Crippen LogP contribution < -0.4 is 5.73 Å². The zero-order valence-electron chi connectivity index (χ0n) is 8.86. The Hall–Kier alpha value is 0.0569. The highest BCUT2D eigenvalue weighted by molar-refractivity contribution is 6.62. The average molecular weight is 217 g/mol. The van der Waals surface area contributed by atoms with Gasteiger partial charge in [-0.25, -0.2) is 0 Å². The number of hydrogen-bond acceptors (Lipinski definition) is 4. The summed E-state index contributed by atoms with van der Waals surface area (Å²) in [5.74, 6) is 0. The van der Waals surface area contributed by atoms with E-state index in [1.165, 1.54) is 0 Å². The van der Waals surface area contributed by atoms with Gasteiger partial charge in [-0.1, -0.05) is 0 Å². The van der Waals surface area contributed by atoms with E-state index in [-0.39, 0.29) is 18.3 Å². The maximum atomic E-state index is 5.88. The molecule has 2 unspecified atom stereocenters. The van der Waals surface area contributed by atoms with Crippen molar-refractivity contribution in [1.29, 1.82) is 0 Å². The summed E-state index contributed by atoms with van der Waals surface area (Å²) >= 11 is 0. The molecule has 2 saturated heterocycles. The van der Waals surface area contributed by atoms with E-state index in [4.69, 9.17) is 19.0 Å². The molecular weight excluding hydrogens is 198 g/mol. The quantitative estimate of drug-likeness (QED) is 0.561. The molecule has 4 nitrogen and oxygen atoms in total. The van der Waals surface area contributed by atoms with Crippen LogP contribution in [0, 0.1) is 0 Å². The van der Waals surface area contributed by atoms with Gasteiger partial charge in [0.25, 0.3) is 0 Å². The average Bonchev–Trinajstić information content (AvgIpc) is 2.58. The Morgan fingerprint density at radius 1 is 1.07 bits per heavy atom. The number of unbranched alkanes of at least 4 members (excludes halogenated alkanes) is 1. The fraction of sp³-hybridized carbons (Fsp3) is 1.00. The summed E-state index contributed by atoms with van der Waals surface area (Å²) < 4.78 is 17.5. The minimum absolute atomic E-state index is 0.166. The van der Waals surface area contributed by atoms with Gasteiger partial charge in [-0.05, 0) is 33.2 Å². The summed E-state index contributed by atoms with van der Waals surface area (Å²) in [7, 11) is -2.25. The summed E-state index contributed by atoms with van der Waals surface area (Å²) in [5.41, 5.74) is 5.46. The van der Waals surface area contributed by atoms with Gasteiger partial charge in [-0.3, -0.25) is 0 Å². The first-order valence-corrected chi connectivity index (χ1v) is 7.33. The maximum Gasteiger partial charge on any atom is 0.502 e. The van der Waals surface area contributed by atoms with Crippen molar-refractivity contribution in [2.45, 2.75) is 51.0 Å². The van der Waals surface area contributed by atoms with Crippen LogP contribution in [0.4, 0.5) is 0 Å². The van der Waals surface area contributed by atoms with Crippen molar-refractivity contribution in [2.24, 2.45) is 5.73 Å². The second kappa shape index (κ2) is 3.90. The van der Waals surface area contributed by atoms with Gasteiger partial charge in [0, 0.05) is 6.04 Å². The van der Waals surface area contributed by atoms with Gasteiger partial charge in [0.2, 0.25) is 0 Å². The Kier molecular flexibility index (Phi) is 2.95. The summed E-state index contributed by atoms with van der Waals surface area (Å²) in [5, 5.41) is 0. The Morgan fingerprint density at radius 2 is 1.71 bits per heavy atom. The van der Waals surface area contributed by atoms with E-state index in [0.717, 1.165) is 25.4 Å². The van der Waals surface area contributed by atoms with Crippen LogP contribution in [0.5, 0.6) is 0 Å². The Morgan fingerprint density at radius 3 is 2.21 bits per heavy atom. The molecule has 2 aliphatic rings. The van der Waals surface area contributed by atoms with Crippen molar-refractivity contribution in [2.75, 3.05) is 6.54 Å². The van der Waals surface area contributed by atoms with Gasteiger partial charge in [0.15, 0.2) is 0 Å². The summed E-state index contributed by atoms with van der Waals surface area (Å²) in [6, 6.07) is 0.926. The normalized spacial score (nSPS) is 46.1. The highest BCUT2D eigenvalue weighted by Crippen LogP contribution is 2.40. The third-order valence-corrected chi connectivity index (χ3v) is 5.97. The Labute approximate surface area is 86.1 Å². The van der Waals surface area contributed by atoms with Crippen molar-refractivity contribution < 1.29 is 13.3 Å². The van der Waals surface area contributed by atoms with Crippen LogP contribution >= 0.6 is 0 Å². The van der Waals surface area contributed by atoms with Crippen LogP contribution in [0.1, 0.15) is 26.7 Å². The van der Waals surface area contributed by atoms with E-state index in [1.807, 2.05) is 0 Å². The van der Waals surface area contributed by atoms with Gasteiger partial charge in [0.1, 0.15) is 0 Å². The SMILES string of the molecule is CC1O[Si]2(CCCCN)OC(C)C1O2. The van der Waals surface area contributed by atoms with Crippen LogP contribution in [0.3, 0.4) is 0 Å². The lowest BCUT2D eigenvalue weighted by Crippen LogP contribution is -2.43. The van der Waals surface area contributed by atoms with Crippen LogP contribution in [0.25, 0.3) is 0 Å². The molecule has 0 aliphatic carbocycles. The van der Waals surface area contributed by atoms with Gasteiger partial charge in [0.05, 0.1) is 18.3 Å². The molecular formula is C9H19NO3Si. The predicted molar refractivity (Wildman–Crippen MR) is 54.8 cm³/mol. The largest absolute Gasteiger partial charge is 0.502 e. The van der Waals surface area contributed by atoms with Crippen molar-refractivity contribution in [3.63, 3.8) is 0 Å². The molecule has 5 heteroatoms. The molecule has 0 radical (unpaired) electrons. The van der Waals surface area contributed by atoms with Crippen LogP contribution in [0.15, 0.2) is 0 Å². The van der Waals surface area contributed by atoms with E-state index in [9.17, 15) is 0 Å². The minimum Gasteiger partial charge on any atom is -0.368 e. The smallest absolute Gasteiger partial charge is 0.368 e. The van der Waals surface area contributed by atoms with Crippen molar-refractivity contribution in [3.05, 3.63) is 0 Å². The molecule has 0 saturated carbocycles. The molecule has 2 heterocycles. The Balaban J connectivity index is 1.90. The molecule has 2 fully saturated rings. The fourth-order valence-electron chi connectivity index (χ4n) is 2.23. The standard InChI is InChI=1S/C9H19NO3Si/c1-7-9-8(2)12-14(11-7,13-9)6-4-3-5-10/h7-9H,3-6,10H2,1-2H3. The lowest BCUT2D eigenvalue weighted by Gasteiger charge is -2.26. The van der Waals surface area contributed by atoms with E-state index >= 15 is 0 Å². The monoisotopic (exact) mass is 217 g/mol. The van der Waals surface area contributed by atoms with E-state index < -0.39 is 8.80 Å². The van der Waals surface area contributed by atoms with E-state index in [0.29, 0.717) is 0 Å². The molecule has 0 spiro atoms. The predicted octanol–water partition coefficient (Wildman–Crippen LogP) is 0.887. The molecule has 2 atom stereocenters. The first-order chi connectivity index (χ1) is 6.67. The van der Waals surface area contributed by atoms with Gasteiger partial charge in [-0.2, -0.15) is 0 Å². The number of hydrogen-bond donors (Lipinski definition) is 1. The number of rotatable bonds is 4. The van der Waals surface area contributed by atoms with Crippen LogP contribution in [-0.4, -0.2) is 33.7 Å². The lowest BCUT2D eigenvalue weighted by atomic mass is 10.1. The van der Waals surface area contributed by atoms with Gasteiger partial charge in [-0.15, -0.1) is 0 Å². The van der Waals surface area contributed by atoms with Gasteiger partial charge >= 0.3 is 8.80 Å². The van der Waals surface area contributed by atoms with E-state index in [1.54, 1.807) is 0 Å². The fourth-order valence-corrected chi connectivity index (χ4v) is 5.63. The zero-order valence-corrected chi connectivity index (χ0v) is 9.86. The molecule has 14 heavy (non-hydrogen) atoms. The minimum atomic E-state index is -2.25. The molecule has 0 aromatic rings. The molecule has 2 bridgehead atoms. The molecule has 2 rings (SSSR count). The second-order valence-electron chi connectivity index (χ2n) is 4.16. The van der Waals surface area contributed by atoms with Crippen molar-refractivity contribution >= 4 is 8.80 Å². The third-order valence-electron chi connectivity index (χ3n) is 2.91. The van der Waals surface area contributed by atoms with Crippen LogP contribution in [-0.2, 0) is 13.3 Å². The summed E-state index contributed by atoms with van der Waals surface area (Å²) in [4.78, 5) is 0. The second-order valence-corrected chi connectivity index (χ2v) is 6.73. The highest BCUT2D eigenvalue weighted by atomic mass is 28.4. The van der Waals surface area contributed by atoms with Crippen LogP contribution in [0.2, 0.25) is 6.04 Å². The molecule has 0 amide bonds. The van der Waals surface area contributed by atoms with E-state index in [2.05, 4.69) is 13.8 Å². The van der Waals surface area contributed by atoms with Crippen molar-refractivity contribution in [3.8, 4) is 0 Å². The molecule has 82 valence electrons. The summed E-state index contributed by atoms with van der Waals surface area (Å²) in [6.45, 7) is 4.88. The molecule has 2 N–H and O–H groups in total. The van der Waals surface area contributed by atoms with Crippen molar-refractivity contribution in [1.82, 2.24) is 0 Å². The topological polar surface area (TPSA) is 53.7 Å². The maximum absolute atomic E-state index is 5.88. The first kappa shape index (κ1) is 10.6. The van der Waals surface area contributed by atoms with Gasteiger partial charge < -0.3 is 19.0 Å². The number of nitrogens with two attached hydrogens (primary N) is 1. The third kappa shape index (κ3) is 1.75. The number of fused-ring (bicyclic) bond motifs is 2. The summed E-state index contributed by atoms with van der Waals surface area (Å²) in [6.07, 6.45) is 2.67. The Bertz CT molecular complexity index is 202. The molecule has 0 aromatic heterocycles.